The molecule has 0 radical (unpaired) electrons. The second-order valence-corrected chi connectivity index (χ2v) is 8.30. The van der Waals surface area contributed by atoms with Crippen LogP contribution in [0.4, 0.5) is 5.69 Å². The van der Waals surface area contributed by atoms with Gasteiger partial charge in [0.05, 0.1) is 11.4 Å². The maximum absolute atomic E-state index is 13.0. The van der Waals surface area contributed by atoms with Crippen LogP contribution in [0.15, 0.2) is 29.2 Å². The number of carbonyl (C=O) groups excluding carboxylic acids is 1. The molecular weight excluding hydrogens is 364 g/mol. The van der Waals surface area contributed by atoms with E-state index in [1.807, 2.05) is 0 Å². The Bertz CT molecular complexity index is 873. The van der Waals surface area contributed by atoms with Crippen LogP contribution in [-0.4, -0.2) is 41.4 Å². The summed E-state index contributed by atoms with van der Waals surface area (Å²) in [5.74, 6) is -0.345. The molecule has 1 aliphatic heterocycles. The van der Waals surface area contributed by atoms with E-state index in [1.165, 1.54) is 4.31 Å². The number of nitrogens with one attached hydrogen (secondary N) is 2. The number of aromatic amines is 1. The van der Waals surface area contributed by atoms with Gasteiger partial charge in [-0.25, -0.2) is 8.42 Å². The Morgan fingerprint density at radius 2 is 2.00 bits per heavy atom. The Labute approximate surface area is 151 Å². The Morgan fingerprint density at radius 1 is 1.32 bits per heavy atom. The van der Waals surface area contributed by atoms with E-state index in [0.717, 1.165) is 0 Å². The van der Waals surface area contributed by atoms with Gasteiger partial charge in [-0.2, -0.15) is 9.40 Å². The number of hydrogen-bond donors (Lipinski definition) is 2. The average molecular weight is 383 g/mol. The monoisotopic (exact) mass is 382 g/mol. The molecule has 7 nitrogen and oxygen atoms in total. The third-order valence-corrected chi connectivity index (χ3v) is 6.67. The van der Waals surface area contributed by atoms with Crippen molar-refractivity contribution in [1.29, 1.82) is 0 Å². The summed E-state index contributed by atoms with van der Waals surface area (Å²) in [4.78, 5) is 12.8. The van der Waals surface area contributed by atoms with Gasteiger partial charge in [0.1, 0.15) is 10.9 Å². The molecule has 1 aromatic heterocycles. The average Bonchev–Trinajstić information content (AvgIpc) is 3.17. The van der Waals surface area contributed by atoms with E-state index in [9.17, 15) is 13.2 Å². The highest BCUT2D eigenvalue weighted by molar-refractivity contribution is 7.89. The van der Waals surface area contributed by atoms with Gasteiger partial charge in [-0.1, -0.05) is 11.6 Å². The minimum Gasteiger partial charge on any atom is -0.325 e. The molecule has 0 bridgehead atoms. The standard InChI is InChI=1S/C16H19ClN4O3S/c1-10-15(11(2)20-19-10)25(23,24)21-9-3-4-14(21)16(22)18-13-7-5-12(17)6-8-13/h5-8,14H,3-4,9H2,1-2H3,(H,18,22)(H,19,20)/t14-/m0/s1. The van der Waals surface area contributed by atoms with Gasteiger partial charge >= 0.3 is 0 Å². The van der Waals surface area contributed by atoms with Crippen molar-refractivity contribution in [2.45, 2.75) is 37.6 Å². The molecule has 25 heavy (non-hydrogen) atoms. The summed E-state index contributed by atoms with van der Waals surface area (Å²) in [6, 6.07) is 5.95. The molecule has 3 rings (SSSR count). The number of rotatable bonds is 4. The molecular formula is C16H19ClN4O3S. The van der Waals surface area contributed by atoms with Gasteiger partial charge in [0.15, 0.2) is 0 Å². The fourth-order valence-electron chi connectivity index (χ4n) is 3.09. The van der Waals surface area contributed by atoms with E-state index in [-0.39, 0.29) is 10.8 Å². The van der Waals surface area contributed by atoms with Crippen molar-refractivity contribution in [1.82, 2.24) is 14.5 Å². The van der Waals surface area contributed by atoms with E-state index in [1.54, 1.807) is 38.1 Å². The van der Waals surface area contributed by atoms with Gasteiger partial charge in [-0.3, -0.25) is 9.89 Å². The molecule has 0 aliphatic carbocycles. The van der Waals surface area contributed by atoms with Crippen LogP contribution in [0.3, 0.4) is 0 Å². The topological polar surface area (TPSA) is 95.2 Å². The second kappa shape index (κ2) is 6.78. The number of halogens is 1. The number of aryl methyl sites for hydroxylation is 2. The fourth-order valence-corrected chi connectivity index (χ4v) is 5.20. The van der Waals surface area contributed by atoms with Crippen LogP contribution in [0.2, 0.25) is 5.02 Å². The van der Waals surface area contributed by atoms with E-state index in [2.05, 4.69) is 15.5 Å². The molecule has 9 heteroatoms. The van der Waals surface area contributed by atoms with Gasteiger partial charge in [0, 0.05) is 17.3 Å². The number of nitrogens with zero attached hydrogens (tertiary/aromatic N) is 2. The van der Waals surface area contributed by atoms with Crippen molar-refractivity contribution < 1.29 is 13.2 Å². The van der Waals surface area contributed by atoms with Gasteiger partial charge in [-0.15, -0.1) is 0 Å². The van der Waals surface area contributed by atoms with Gasteiger partial charge in [0.2, 0.25) is 15.9 Å². The van der Waals surface area contributed by atoms with E-state index < -0.39 is 16.1 Å². The Morgan fingerprint density at radius 3 is 2.60 bits per heavy atom. The third-order valence-electron chi connectivity index (χ3n) is 4.25. The first-order valence-electron chi connectivity index (χ1n) is 7.90. The number of benzene rings is 1. The first kappa shape index (κ1) is 17.9. The van der Waals surface area contributed by atoms with Crippen LogP contribution in [0, 0.1) is 13.8 Å². The highest BCUT2D eigenvalue weighted by Gasteiger charge is 2.41. The minimum atomic E-state index is -3.79. The number of amides is 1. The zero-order valence-electron chi connectivity index (χ0n) is 13.9. The maximum atomic E-state index is 13.0. The summed E-state index contributed by atoms with van der Waals surface area (Å²) in [6.07, 6.45) is 1.11. The Kier molecular flexibility index (Phi) is 4.86. The quantitative estimate of drug-likeness (QED) is 0.849. The molecule has 134 valence electrons. The summed E-state index contributed by atoms with van der Waals surface area (Å²) in [7, 11) is -3.79. The predicted molar refractivity (Wildman–Crippen MR) is 95.1 cm³/mol. The lowest BCUT2D eigenvalue weighted by Crippen LogP contribution is -2.43. The SMILES string of the molecule is Cc1n[nH]c(C)c1S(=O)(=O)N1CCC[C@H]1C(=O)Nc1ccc(Cl)cc1. The van der Waals surface area contributed by atoms with Crippen LogP contribution in [0.5, 0.6) is 0 Å². The molecule has 1 amide bonds. The molecule has 2 N–H and O–H groups in total. The molecule has 2 aromatic rings. The van der Waals surface area contributed by atoms with Gasteiger partial charge in [0.25, 0.3) is 0 Å². The minimum absolute atomic E-state index is 0.152. The molecule has 0 unspecified atom stereocenters. The third kappa shape index (κ3) is 3.42. The number of carbonyl (C=O) groups is 1. The smallest absolute Gasteiger partial charge is 0.247 e. The first-order valence-corrected chi connectivity index (χ1v) is 9.72. The van der Waals surface area contributed by atoms with Crippen LogP contribution >= 0.6 is 11.6 Å². The summed E-state index contributed by atoms with van der Waals surface area (Å²) >= 11 is 5.84. The Hall–Kier alpha value is -1.90. The molecule has 1 atom stereocenters. The van der Waals surface area contributed by atoms with Crippen molar-refractivity contribution in [2.75, 3.05) is 11.9 Å². The summed E-state index contributed by atoms with van der Waals surface area (Å²) in [5.41, 5.74) is 1.46. The second-order valence-electron chi connectivity index (χ2n) is 6.03. The highest BCUT2D eigenvalue weighted by Crippen LogP contribution is 2.29. The van der Waals surface area contributed by atoms with E-state index in [4.69, 9.17) is 11.6 Å². The van der Waals surface area contributed by atoms with Crippen molar-refractivity contribution >= 4 is 33.2 Å². The predicted octanol–water partition coefficient (Wildman–Crippen LogP) is 2.47. The van der Waals surface area contributed by atoms with E-state index >= 15 is 0 Å². The zero-order valence-corrected chi connectivity index (χ0v) is 15.5. The number of sulfonamides is 1. The first-order chi connectivity index (χ1) is 11.8. The molecule has 1 aromatic carbocycles. The lowest BCUT2D eigenvalue weighted by Gasteiger charge is -2.23. The number of hydrogen-bond acceptors (Lipinski definition) is 4. The largest absolute Gasteiger partial charge is 0.325 e. The van der Waals surface area contributed by atoms with Crippen molar-refractivity contribution in [3.63, 3.8) is 0 Å². The van der Waals surface area contributed by atoms with Crippen molar-refractivity contribution in [3.8, 4) is 0 Å². The summed E-state index contributed by atoms with van der Waals surface area (Å²) in [5, 5.41) is 9.97. The molecule has 1 aliphatic rings. The van der Waals surface area contributed by atoms with E-state index in [0.29, 0.717) is 41.5 Å². The lowest BCUT2D eigenvalue weighted by molar-refractivity contribution is -0.119. The van der Waals surface area contributed by atoms with Crippen LogP contribution in [0.1, 0.15) is 24.2 Å². The summed E-state index contributed by atoms with van der Waals surface area (Å²) in [6.45, 7) is 3.60. The van der Waals surface area contributed by atoms with Crippen molar-refractivity contribution in [2.24, 2.45) is 0 Å². The van der Waals surface area contributed by atoms with Crippen LogP contribution in [-0.2, 0) is 14.8 Å². The van der Waals surface area contributed by atoms with Gasteiger partial charge in [-0.05, 0) is 51.0 Å². The molecule has 0 saturated carbocycles. The van der Waals surface area contributed by atoms with Crippen LogP contribution in [0.25, 0.3) is 0 Å². The fraction of sp³-hybridized carbons (Fsp3) is 0.375. The Balaban J connectivity index is 1.85. The summed E-state index contributed by atoms with van der Waals surface area (Å²) < 4.78 is 27.3. The van der Waals surface area contributed by atoms with Crippen molar-refractivity contribution in [3.05, 3.63) is 40.7 Å². The normalized spacial score (nSPS) is 18.4. The van der Waals surface area contributed by atoms with Crippen LogP contribution < -0.4 is 5.32 Å². The number of anilines is 1. The zero-order chi connectivity index (χ0) is 18.2. The van der Waals surface area contributed by atoms with Gasteiger partial charge < -0.3 is 5.32 Å². The highest BCUT2D eigenvalue weighted by atomic mass is 35.5. The maximum Gasteiger partial charge on any atom is 0.247 e. The lowest BCUT2D eigenvalue weighted by atomic mass is 10.2. The molecule has 2 heterocycles. The molecule has 1 fully saturated rings. The number of aromatic nitrogens is 2. The molecule has 0 spiro atoms. The number of H-pyrrole nitrogens is 1. The molecule has 1 saturated heterocycles.